The van der Waals surface area contributed by atoms with E-state index in [4.69, 9.17) is 0 Å². The molecule has 4 heteroatoms. The fourth-order valence-corrected chi connectivity index (χ4v) is 2.18. The molecular formula is C13H14N2OS. The first-order valence-corrected chi connectivity index (χ1v) is 6.45. The van der Waals surface area contributed by atoms with Gasteiger partial charge in [-0.1, -0.05) is 6.07 Å². The Labute approximate surface area is 105 Å². The molecule has 1 N–H and O–H groups in total. The van der Waals surface area contributed by atoms with Crippen molar-refractivity contribution in [3.05, 3.63) is 52.5 Å². The Morgan fingerprint density at radius 1 is 1.29 bits per heavy atom. The lowest BCUT2D eigenvalue weighted by molar-refractivity contribution is 0.0957. The molecule has 0 unspecified atom stereocenters. The van der Waals surface area contributed by atoms with Crippen molar-refractivity contribution in [1.29, 1.82) is 0 Å². The van der Waals surface area contributed by atoms with Crippen molar-refractivity contribution in [2.75, 3.05) is 6.54 Å². The first kappa shape index (κ1) is 11.8. The molecule has 2 aromatic rings. The number of aromatic nitrogens is 1. The van der Waals surface area contributed by atoms with Crippen LogP contribution < -0.4 is 5.32 Å². The largest absolute Gasteiger partial charge is 0.351 e. The first-order valence-electron chi connectivity index (χ1n) is 5.57. The van der Waals surface area contributed by atoms with Gasteiger partial charge >= 0.3 is 0 Å². The summed E-state index contributed by atoms with van der Waals surface area (Å²) >= 11 is 1.47. The maximum atomic E-state index is 11.6. The van der Waals surface area contributed by atoms with E-state index in [1.165, 1.54) is 16.9 Å². The second-order valence-corrected chi connectivity index (χ2v) is 4.64. The minimum Gasteiger partial charge on any atom is -0.351 e. The summed E-state index contributed by atoms with van der Waals surface area (Å²) in [7, 11) is 0. The Hall–Kier alpha value is -1.68. The van der Waals surface area contributed by atoms with Gasteiger partial charge in [0.05, 0.1) is 4.88 Å². The highest BCUT2D eigenvalue weighted by molar-refractivity contribution is 7.12. The molecule has 0 bridgehead atoms. The number of pyridine rings is 1. The number of carbonyl (C=O) groups is 1. The van der Waals surface area contributed by atoms with Gasteiger partial charge in [0, 0.05) is 18.9 Å². The van der Waals surface area contributed by atoms with Gasteiger partial charge in [0.25, 0.3) is 5.91 Å². The fraction of sp³-hybridized carbons (Fsp3) is 0.231. The molecule has 0 radical (unpaired) electrons. The summed E-state index contributed by atoms with van der Waals surface area (Å²) in [5.41, 5.74) is 1.25. The van der Waals surface area contributed by atoms with Crippen LogP contribution in [0.5, 0.6) is 0 Å². The minimum absolute atomic E-state index is 0.0229. The number of aryl methyl sites for hydroxylation is 1. The quantitative estimate of drug-likeness (QED) is 0.824. The average Bonchev–Trinajstić information content (AvgIpc) is 2.89. The van der Waals surface area contributed by atoms with E-state index in [9.17, 15) is 4.79 Å². The number of amides is 1. The van der Waals surface area contributed by atoms with Gasteiger partial charge in [0.2, 0.25) is 0 Å². The summed E-state index contributed by atoms with van der Waals surface area (Å²) in [6.07, 6.45) is 5.49. The van der Waals surface area contributed by atoms with E-state index >= 15 is 0 Å². The molecule has 0 atom stereocenters. The normalized spacial score (nSPS) is 10.1. The van der Waals surface area contributed by atoms with Crippen LogP contribution in [0, 0.1) is 0 Å². The van der Waals surface area contributed by atoms with Crippen LogP contribution >= 0.6 is 11.3 Å². The number of thiophene rings is 1. The maximum absolute atomic E-state index is 11.6. The molecule has 3 nitrogen and oxygen atoms in total. The molecule has 0 aliphatic heterocycles. The molecule has 88 valence electrons. The average molecular weight is 246 g/mol. The van der Waals surface area contributed by atoms with Crippen LogP contribution in [-0.2, 0) is 6.42 Å². The van der Waals surface area contributed by atoms with E-state index in [0.29, 0.717) is 6.54 Å². The van der Waals surface area contributed by atoms with Gasteiger partial charge in [-0.2, -0.15) is 0 Å². The van der Waals surface area contributed by atoms with Crippen LogP contribution in [0.4, 0.5) is 0 Å². The fourth-order valence-electron chi connectivity index (χ4n) is 1.54. The van der Waals surface area contributed by atoms with Crippen molar-refractivity contribution >= 4 is 17.2 Å². The van der Waals surface area contributed by atoms with Gasteiger partial charge in [-0.25, -0.2) is 0 Å². The van der Waals surface area contributed by atoms with Crippen LogP contribution in [0.15, 0.2) is 42.0 Å². The van der Waals surface area contributed by atoms with Gasteiger partial charge in [-0.05, 0) is 42.0 Å². The molecule has 1 amide bonds. The Morgan fingerprint density at radius 2 is 2.12 bits per heavy atom. The zero-order valence-corrected chi connectivity index (χ0v) is 10.2. The highest BCUT2D eigenvalue weighted by atomic mass is 32.1. The van der Waals surface area contributed by atoms with Crippen molar-refractivity contribution in [2.45, 2.75) is 12.8 Å². The van der Waals surface area contributed by atoms with Gasteiger partial charge in [-0.3, -0.25) is 9.78 Å². The molecule has 0 saturated heterocycles. The van der Waals surface area contributed by atoms with Crippen LogP contribution in [-0.4, -0.2) is 17.4 Å². The van der Waals surface area contributed by atoms with Crippen molar-refractivity contribution < 1.29 is 4.79 Å². The van der Waals surface area contributed by atoms with E-state index in [1.54, 1.807) is 12.4 Å². The zero-order chi connectivity index (χ0) is 11.9. The van der Waals surface area contributed by atoms with Crippen LogP contribution in [0.3, 0.4) is 0 Å². The molecule has 0 aliphatic rings. The van der Waals surface area contributed by atoms with E-state index in [1.807, 2.05) is 29.6 Å². The maximum Gasteiger partial charge on any atom is 0.261 e. The molecule has 0 aromatic carbocycles. The highest BCUT2D eigenvalue weighted by Gasteiger charge is 2.04. The molecule has 17 heavy (non-hydrogen) atoms. The number of carbonyl (C=O) groups excluding carboxylic acids is 1. The third-order valence-corrected chi connectivity index (χ3v) is 3.29. The highest BCUT2D eigenvalue weighted by Crippen LogP contribution is 2.07. The van der Waals surface area contributed by atoms with E-state index < -0.39 is 0 Å². The minimum atomic E-state index is 0.0229. The summed E-state index contributed by atoms with van der Waals surface area (Å²) in [6.45, 7) is 0.707. The Balaban J connectivity index is 1.69. The first-order chi connectivity index (χ1) is 8.36. The van der Waals surface area contributed by atoms with Crippen molar-refractivity contribution in [3.8, 4) is 0 Å². The summed E-state index contributed by atoms with van der Waals surface area (Å²) in [5.74, 6) is 0.0229. The Kier molecular flexibility index (Phi) is 4.27. The van der Waals surface area contributed by atoms with Crippen molar-refractivity contribution in [2.24, 2.45) is 0 Å². The Bertz CT molecular complexity index is 454. The van der Waals surface area contributed by atoms with Crippen LogP contribution in [0.25, 0.3) is 0 Å². The third-order valence-electron chi connectivity index (χ3n) is 2.42. The third kappa shape index (κ3) is 3.67. The molecule has 2 aromatic heterocycles. The summed E-state index contributed by atoms with van der Waals surface area (Å²) in [4.78, 5) is 16.3. The standard InChI is InChI=1S/C13H14N2OS/c16-13(12-4-2-10-17-12)15-7-1-3-11-5-8-14-9-6-11/h2,4-6,8-10H,1,3,7H2,(H,15,16). The van der Waals surface area contributed by atoms with Gasteiger partial charge < -0.3 is 5.32 Å². The lowest BCUT2D eigenvalue weighted by Crippen LogP contribution is -2.23. The van der Waals surface area contributed by atoms with E-state index in [2.05, 4.69) is 10.3 Å². The SMILES string of the molecule is O=C(NCCCc1ccncc1)c1cccs1. The molecular weight excluding hydrogens is 232 g/mol. The number of hydrogen-bond donors (Lipinski definition) is 1. The molecule has 0 aliphatic carbocycles. The van der Waals surface area contributed by atoms with E-state index in [0.717, 1.165) is 17.7 Å². The van der Waals surface area contributed by atoms with Gasteiger partial charge in [-0.15, -0.1) is 11.3 Å². The number of rotatable bonds is 5. The summed E-state index contributed by atoms with van der Waals surface area (Å²) in [5, 5.41) is 4.82. The summed E-state index contributed by atoms with van der Waals surface area (Å²) < 4.78 is 0. The molecule has 2 heterocycles. The van der Waals surface area contributed by atoms with Crippen molar-refractivity contribution in [1.82, 2.24) is 10.3 Å². The predicted octanol–water partition coefficient (Wildman–Crippen LogP) is 2.51. The summed E-state index contributed by atoms with van der Waals surface area (Å²) in [6, 6.07) is 7.72. The molecule has 2 rings (SSSR count). The molecule has 0 fully saturated rings. The Morgan fingerprint density at radius 3 is 2.82 bits per heavy atom. The lowest BCUT2D eigenvalue weighted by Gasteiger charge is -2.03. The topological polar surface area (TPSA) is 42.0 Å². The lowest BCUT2D eigenvalue weighted by atomic mass is 10.1. The smallest absolute Gasteiger partial charge is 0.261 e. The second kappa shape index (κ2) is 6.15. The number of nitrogens with one attached hydrogen (secondary N) is 1. The number of hydrogen-bond acceptors (Lipinski definition) is 3. The van der Waals surface area contributed by atoms with Crippen molar-refractivity contribution in [3.63, 3.8) is 0 Å². The predicted molar refractivity (Wildman–Crippen MR) is 69.2 cm³/mol. The van der Waals surface area contributed by atoms with E-state index in [-0.39, 0.29) is 5.91 Å². The molecule has 0 saturated carbocycles. The van der Waals surface area contributed by atoms with Gasteiger partial charge in [0.1, 0.15) is 0 Å². The van der Waals surface area contributed by atoms with Gasteiger partial charge in [0.15, 0.2) is 0 Å². The van der Waals surface area contributed by atoms with Crippen LogP contribution in [0.1, 0.15) is 21.7 Å². The zero-order valence-electron chi connectivity index (χ0n) is 9.43. The van der Waals surface area contributed by atoms with Crippen LogP contribution in [0.2, 0.25) is 0 Å². The number of nitrogens with zero attached hydrogens (tertiary/aromatic N) is 1. The molecule has 0 spiro atoms. The monoisotopic (exact) mass is 246 g/mol. The second-order valence-electron chi connectivity index (χ2n) is 3.69.